The number of anilines is 1. The number of para-hydroxylation sites is 1. The molecule has 2 aromatic carbocycles. The Labute approximate surface area is 203 Å². The van der Waals surface area contributed by atoms with Crippen molar-refractivity contribution in [2.24, 2.45) is 0 Å². The topological polar surface area (TPSA) is 71.8 Å². The molecular formula is C27H28FN3O4. The molecule has 0 atom stereocenters. The molecule has 1 aliphatic carbocycles. The van der Waals surface area contributed by atoms with Crippen molar-refractivity contribution in [1.29, 1.82) is 0 Å². The van der Waals surface area contributed by atoms with Crippen LogP contribution >= 0.6 is 0 Å². The van der Waals surface area contributed by atoms with E-state index in [2.05, 4.69) is 15.7 Å². The number of hydrogen-bond acceptors (Lipinski definition) is 5. The van der Waals surface area contributed by atoms with E-state index < -0.39 is 5.60 Å². The molecule has 0 radical (unpaired) electrons. The average Bonchev–Trinajstić information content (AvgIpc) is 3.55. The lowest BCUT2D eigenvalue weighted by atomic mass is 9.91. The van der Waals surface area contributed by atoms with Gasteiger partial charge in [0.15, 0.2) is 0 Å². The lowest BCUT2D eigenvalue weighted by molar-refractivity contribution is -0.191. The van der Waals surface area contributed by atoms with Crippen molar-refractivity contribution in [3.8, 4) is 0 Å². The standard InChI is InChI=1S/C26H28FN3O2.CO2/c1-18-13-20(27)14-23-19(16-29(24(18)23)22-7-8-22)15-28-11-9-26(10-12-28)17-30(25(31)32-26)21-5-3-2-4-6-21;2-1-3/h2-6,13-14,16,22H,7-12,15,17H2,1H3;. The van der Waals surface area contributed by atoms with Gasteiger partial charge in [-0.15, -0.1) is 0 Å². The molecule has 182 valence electrons. The molecule has 0 N–H and O–H groups in total. The fourth-order valence-electron chi connectivity index (χ4n) is 5.44. The minimum absolute atomic E-state index is 0.165. The van der Waals surface area contributed by atoms with Crippen LogP contribution in [0.4, 0.5) is 14.9 Å². The van der Waals surface area contributed by atoms with Gasteiger partial charge in [-0.1, -0.05) is 18.2 Å². The van der Waals surface area contributed by atoms with Crippen molar-refractivity contribution in [2.75, 3.05) is 24.5 Å². The molecule has 1 aromatic heterocycles. The van der Waals surface area contributed by atoms with E-state index in [0.29, 0.717) is 12.6 Å². The number of ether oxygens (including phenoxy) is 1. The number of nitrogens with zero attached hydrogens (tertiary/aromatic N) is 3. The molecule has 2 saturated heterocycles. The van der Waals surface area contributed by atoms with Crippen molar-refractivity contribution in [3.63, 3.8) is 0 Å². The predicted molar refractivity (Wildman–Crippen MR) is 127 cm³/mol. The van der Waals surface area contributed by atoms with Crippen LogP contribution in [0.2, 0.25) is 0 Å². The normalized spacial score (nSPS) is 19.4. The van der Waals surface area contributed by atoms with Crippen LogP contribution in [0.3, 0.4) is 0 Å². The molecule has 1 spiro atoms. The summed E-state index contributed by atoms with van der Waals surface area (Å²) in [5, 5.41) is 1.04. The molecule has 3 aromatic rings. The number of piperidine rings is 1. The highest BCUT2D eigenvalue weighted by atomic mass is 19.1. The average molecular weight is 478 g/mol. The van der Waals surface area contributed by atoms with E-state index in [1.54, 1.807) is 17.0 Å². The number of carbonyl (C=O) groups is 1. The Hall–Kier alpha value is -3.48. The summed E-state index contributed by atoms with van der Waals surface area (Å²) in [6.07, 6.45) is 6.29. The van der Waals surface area contributed by atoms with E-state index in [0.717, 1.165) is 49.1 Å². The first-order chi connectivity index (χ1) is 16.9. The number of fused-ring (bicyclic) bond motifs is 1. The monoisotopic (exact) mass is 477 g/mol. The Morgan fingerprint density at radius 1 is 1.11 bits per heavy atom. The summed E-state index contributed by atoms with van der Waals surface area (Å²) in [5.41, 5.74) is 3.87. The molecule has 7 nitrogen and oxygen atoms in total. The van der Waals surface area contributed by atoms with Gasteiger partial charge in [0.1, 0.15) is 11.4 Å². The van der Waals surface area contributed by atoms with E-state index in [1.807, 2.05) is 37.3 Å². The number of amides is 1. The third-order valence-corrected chi connectivity index (χ3v) is 7.30. The lowest BCUT2D eigenvalue weighted by Gasteiger charge is -2.37. The van der Waals surface area contributed by atoms with E-state index in [-0.39, 0.29) is 18.1 Å². The summed E-state index contributed by atoms with van der Waals surface area (Å²) < 4.78 is 22.5. The van der Waals surface area contributed by atoms with E-state index in [9.17, 15) is 9.18 Å². The molecule has 3 heterocycles. The smallest absolute Gasteiger partial charge is 0.415 e. The highest BCUT2D eigenvalue weighted by Gasteiger charge is 2.47. The Morgan fingerprint density at radius 2 is 1.80 bits per heavy atom. The van der Waals surface area contributed by atoms with Crippen molar-refractivity contribution in [1.82, 2.24) is 9.47 Å². The van der Waals surface area contributed by atoms with Crippen LogP contribution in [0.15, 0.2) is 48.7 Å². The van der Waals surface area contributed by atoms with Crippen molar-refractivity contribution in [2.45, 2.75) is 50.8 Å². The first-order valence-electron chi connectivity index (χ1n) is 12.0. The Balaban J connectivity index is 0.000000806. The summed E-state index contributed by atoms with van der Waals surface area (Å²) >= 11 is 0. The van der Waals surface area contributed by atoms with Crippen LogP contribution < -0.4 is 4.90 Å². The number of rotatable bonds is 4. The Bertz CT molecular complexity index is 1270. The summed E-state index contributed by atoms with van der Waals surface area (Å²) in [6, 6.07) is 13.6. The van der Waals surface area contributed by atoms with E-state index in [1.165, 1.54) is 23.9 Å². The van der Waals surface area contributed by atoms with Gasteiger partial charge in [0.25, 0.3) is 0 Å². The van der Waals surface area contributed by atoms with Crippen LogP contribution in [0, 0.1) is 12.7 Å². The molecule has 1 amide bonds. The predicted octanol–water partition coefficient (Wildman–Crippen LogP) is 4.83. The van der Waals surface area contributed by atoms with Gasteiger partial charge in [0.05, 0.1) is 12.1 Å². The van der Waals surface area contributed by atoms with Gasteiger partial charge in [0.2, 0.25) is 0 Å². The maximum absolute atomic E-state index is 14.2. The fourth-order valence-corrected chi connectivity index (χ4v) is 5.44. The van der Waals surface area contributed by atoms with Crippen LogP contribution in [-0.4, -0.2) is 46.9 Å². The van der Waals surface area contributed by atoms with Crippen LogP contribution in [0.1, 0.15) is 42.9 Å². The summed E-state index contributed by atoms with van der Waals surface area (Å²) in [7, 11) is 0. The first-order valence-corrected chi connectivity index (χ1v) is 12.0. The second-order valence-corrected chi connectivity index (χ2v) is 9.74. The summed E-state index contributed by atoms with van der Waals surface area (Å²) in [4.78, 5) is 33.0. The molecule has 0 bridgehead atoms. The molecule has 8 heteroatoms. The van der Waals surface area contributed by atoms with Gasteiger partial charge in [-0.2, -0.15) is 9.59 Å². The zero-order valence-corrected chi connectivity index (χ0v) is 19.7. The number of aryl methyl sites for hydroxylation is 1. The van der Waals surface area contributed by atoms with Gasteiger partial charge in [0, 0.05) is 55.8 Å². The molecule has 3 aliphatic rings. The molecule has 3 fully saturated rings. The SMILES string of the molecule is Cc1cc(F)cc2c(CN3CCC4(CC3)CN(c3ccccc3)C(=O)O4)cn(C3CC3)c12.O=C=O. The number of likely N-dealkylation sites (tertiary alicyclic amines) is 1. The zero-order chi connectivity index (χ0) is 24.6. The molecule has 35 heavy (non-hydrogen) atoms. The second kappa shape index (κ2) is 9.29. The molecule has 2 aliphatic heterocycles. The third kappa shape index (κ3) is 4.59. The Morgan fingerprint density at radius 3 is 2.46 bits per heavy atom. The number of halogens is 1. The lowest BCUT2D eigenvalue weighted by Crippen LogP contribution is -2.46. The van der Waals surface area contributed by atoms with Crippen molar-refractivity contribution < 1.29 is 23.5 Å². The highest BCUT2D eigenvalue weighted by Crippen LogP contribution is 2.41. The number of benzene rings is 2. The molecule has 6 rings (SSSR count). The van der Waals surface area contributed by atoms with E-state index >= 15 is 0 Å². The minimum Gasteiger partial charge on any atom is -0.441 e. The van der Waals surface area contributed by atoms with Crippen LogP contribution in [-0.2, 0) is 20.9 Å². The number of carbonyl (C=O) groups excluding carboxylic acids is 3. The maximum atomic E-state index is 14.2. The molecular weight excluding hydrogens is 449 g/mol. The summed E-state index contributed by atoms with van der Waals surface area (Å²) in [6.45, 7) is 5.13. The number of hydrogen-bond donors (Lipinski definition) is 0. The second-order valence-electron chi connectivity index (χ2n) is 9.74. The van der Waals surface area contributed by atoms with E-state index in [4.69, 9.17) is 14.3 Å². The molecule has 0 unspecified atom stereocenters. The largest absolute Gasteiger partial charge is 0.441 e. The van der Waals surface area contributed by atoms with Gasteiger partial charge in [-0.05, 0) is 55.2 Å². The van der Waals surface area contributed by atoms with Crippen LogP contribution in [0.25, 0.3) is 10.9 Å². The van der Waals surface area contributed by atoms with Gasteiger partial charge in [-0.25, -0.2) is 9.18 Å². The minimum atomic E-state index is -0.409. The van der Waals surface area contributed by atoms with Gasteiger partial charge >= 0.3 is 12.2 Å². The summed E-state index contributed by atoms with van der Waals surface area (Å²) in [5.74, 6) is -0.165. The maximum Gasteiger partial charge on any atom is 0.415 e. The Kier molecular flexibility index (Phi) is 6.17. The third-order valence-electron chi connectivity index (χ3n) is 7.30. The number of aromatic nitrogens is 1. The van der Waals surface area contributed by atoms with Gasteiger partial charge in [-0.3, -0.25) is 9.80 Å². The quantitative estimate of drug-likeness (QED) is 0.538. The first kappa shape index (κ1) is 23.3. The fraction of sp³-hybridized carbons (Fsp3) is 0.407. The van der Waals surface area contributed by atoms with Crippen LogP contribution in [0.5, 0.6) is 0 Å². The van der Waals surface area contributed by atoms with Crippen molar-refractivity contribution >= 4 is 28.8 Å². The molecule has 1 saturated carbocycles. The van der Waals surface area contributed by atoms with Crippen molar-refractivity contribution in [3.05, 3.63) is 65.6 Å². The highest BCUT2D eigenvalue weighted by molar-refractivity contribution is 5.90. The zero-order valence-electron chi connectivity index (χ0n) is 19.7. The van der Waals surface area contributed by atoms with Gasteiger partial charge < -0.3 is 9.30 Å².